The Labute approximate surface area is 85.9 Å². The molecule has 0 rings (SSSR count). The van der Waals surface area contributed by atoms with E-state index in [1.807, 2.05) is 19.1 Å². The van der Waals surface area contributed by atoms with Crippen LogP contribution in [-0.2, 0) is 10.0 Å². The molecule has 0 radical (unpaired) electrons. The van der Waals surface area contributed by atoms with Crippen LogP contribution in [0.25, 0.3) is 0 Å². The summed E-state index contributed by atoms with van der Waals surface area (Å²) in [6.45, 7) is 2.35. The number of allylic oxidation sites excluding steroid dienone is 3. The topological polar surface area (TPSA) is 72.2 Å². The lowest BCUT2D eigenvalue weighted by atomic mass is 10.2. The van der Waals surface area contributed by atoms with E-state index in [2.05, 4.69) is 4.72 Å². The maximum absolute atomic E-state index is 11.1. The second-order valence-electron chi connectivity index (χ2n) is 2.77. The summed E-state index contributed by atoms with van der Waals surface area (Å²) in [6, 6.07) is 0. The fraction of sp³-hybridized carbons (Fsp3) is 0.556. The highest BCUT2D eigenvalue weighted by atomic mass is 32.2. The predicted molar refractivity (Wildman–Crippen MR) is 59.4 cm³/mol. The van der Waals surface area contributed by atoms with E-state index >= 15 is 0 Å². The number of nitrogens with one attached hydrogen (secondary N) is 1. The van der Waals surface area contributed by atoms with Crippen LogP contribution in [0.4, 0.5) is 0 Å². The first kappa shape index (κ1) is 13.4. The van der Waals surface area contributed by atoms with Gasteiger partial charge in [-0.3, -0.25) is 0 Å². The number of hydrogen-bond acceptors (Lipinski definition) is 3. The third kappa shape index (κ3) is 5.90. The number of rotatable bonds is 6. The van der Waals surface area contributed by atoms with Gasteiger partial charge in [0.1, 0.15) is 0 Å². The maximum atomic E-state index is 11.1. The summed E-state index contributed by atoms with van der Waals surface area (Å²) in [6.07, 6.45) is 6.06. The molecular formula is C9H18N2O2S. The average Bonchev–Trinajstić information content (AvgIpc) is 2.18. The molecule has 3 N–H and O–H groups in total. The maximum Gasteiger partial charge on any atom is 0.211 e. The van der Waals surface area contributed by atoms with Gasteiger partial charge in [0, 0.05) is 6.54 Å². The molecule has 0 saturated carbocycles. The standard InChI is InChI=1S/C9H18N2O2S/c1-3-9(5-4-7-10)6-8-14(12,13)11-2/h3-5,11H,6-8,10H2,1-2H3/b5-4-,9-3+. The quantitative estimate of drug-likeness (QED) is 0.633. The summed E-state index contributed by atoms with van der Waals surface area (Å²) in [5, 5.41) is 0. The van der Waals surface area contributed by atoms with Crippen molar-refractivity contribution in [2.75, 3.05) is 19.3 Å². The van der Waals surface area contributed by atoms with Gasteiger partial charge in [0.15, 0.2) is 0 Å². The molecule has 0 saturated heterocycles. The van der Waals surface area contributed by atoms with Gasteiger partial charge in [0.2, 0.25) is 10.0 Å². The normalized spacial score (nSPS) is 13.8. The second kappa shape index (κ2) is 6.75. The summed E-state index contributed by atoms with van der Waals surface area (Å²) in [4.78, 5) is 0. The van der Waals surface area contributed by atoms with Gasteiger partial charge >= 0.3 is 0 Å². The first-order valence-corrected chi connectivity index (χ1v) is 6.14. The van der Waals surface area contributed by atoms with Crippen molar-refractivity contribution in [3.05, 3.63) is 23.8 Å². The monoisotopic (exact) mass is 218 g/mol. The number of nitrogens with two attached hydrogens (primary N) is 1. The van der Waals surface area contributed by atoms with Gasteiger partial charge < -0.3 is 5.73 Å². The van der Waals surface area contributed by atoms with Crippen molar-refractivity contribution in [2.45, 2.75) is 13.3 Å². The summed E-state index contributed by atoms with van der Waals surface area (Å²) >= 11 is 0. The molecule has 0 atom stereocenters. The molecule has 0 aliphatic rings. The van der Waals surface area contributed by atoms with Crippen LogP contribution >= 0.6 is 0 Å². The van der Waals surface area contributed by atoms with Crippen molar-refractivity contribution in [2.24, 2.45) is 5.73 Å². The lowest BCUT2D eigenvalue weighted by Crippen LogP contribution is -2.22. The van der Waals surface area contributed by atoms with E-state index < -0.39 is 10.0 Å². The van der Waals surface area contributed by atoms with Crippen LogP contribution in [0, 0.1) is 0 Å². The second-order valence-corrected chi connectivity index (χ2v) is 4.82. The van der Waals surface area contributed by atoms with Crippen LogP contribution in [0.3, 0.4) is 0 Å². The molecular weight excluding hydrogens is 200 g/mol. The number of sulfonamides is 1. The van der Waals surface area contributed by atoms with Gasteiger partial charge in [-0.15, -0.1) is 0 Å². The van der Waals surface area contributed by atoms with E-state index in [0.717, 1.165) is 5.57 Å². The van der Waals surface area contributed by atoms with Crippen molar-refractivity contribution in [1.29, 1.82) is 0 Å². The molecule has 5 heteroatoms. The highest BCUT2D eigenvalue weighted by molar-refractivity contribution is 7.89. The van der Waals surface area contributed by atoms with Gasteiger partial charge in [0.25, 0.3) is 0 Å². The Balaban J connectivity index is 4.18. The zero-order valence-electron chi connectivity index (χ0n) is 8.66. The highest BCUT2D eigenvalue weighted by Gasteiger charge is 2.06. The summed E-state index contributed by atoms with van der Waals surface area (Å²) in [7, 11) is -1.69. The van der Waals surface area contributed by atoms with Crippen LogP contribution in [0.2, 0.25) is 0 Å². The SMILES string of the molecule is C/C=C(\C=C/CN)CCS(=O)(=O)NC. The molecule has 0 aromatic rings. The summed E-state index contributed by atoms with van der Waals surface area (Å²) < 4.78 is 24.5. The van der Waals surface area contributed by atoms with Crippen molar-refractivity contribution in [3.63, 3.8) is 0 Å². The molecule has 4 nitrogen and oxygen atoms in total. The Morgan fingerprint density at radius 2 is 2.14 bits per heavy atom. The lowest BCUT2D eigenvalue weighted by molar-refractivity contribution is 0.587. The van der Waals surface area contributed by atoms with Gasteiger partial charge in [-0.2, -0.15) is 0 Å². The van der Waals surface area contributed by atoms with Gasteiger partial charge in [-0.25, -0.2) is 13.1 Å². The van der Waals surface area contributed by atoms with Crippen molar-refractivity contribution >= 4 is 10.0 Å². The van der Waals surface area contributed by atoms with Gasteiger partial charge in [-0.1, -0.05) is 23.8 Å². The first-order chi connectivity index (χ1) is 6.55. The Morgan fingerprint density at radius 3 is 2.57 bits per heavy atom. The average molecular weight is 218 g/mol. The van der Waals surface area contributed by atoms with E-state index in [4.69, 9.17) is 5.73 Å². The molecule has 0 aliphatic heterocycles. The molecule has 0 bridgehead atoms. The molecule has 0 unspecified atom stereocenters. The van der Waals surface area contributed by atoms with E-state index in [0.29, 0.717) is 13.0 Å². The lowest BCUT2D eigenvalue weighted by Gasteiger charge is -2.02. The minimum Gasteiger partial charge on any atom is -0.327 e. The molecule has 0 spiro atoms. The third-order valence-electron chi connectivity index (χ3n) is 1.81. The predicted octanol–water partition coefficient (Wildman–Crippen LogP) is 0.387. The third-order valence-corrected chi connectivity index (χ3v) is 3.17. The minimum absolute atomic E-state index is 0.109. The van der Waals surface area contributed by atoms with Gasteiger partial charge in [-0.05, 0) is 20.4 Å². The first-order valence-electron chi connectivity index (χ1n) is 4.48. The summed E-state index contributed by atoms with van der Waals surface area (Å²) in [5.41, 5.74) is 6.28. The van der Waals surface area contributed by atoms with Crippen LogP contribution in [-0.4, -0.2) is 27.8 Å². The van der Waals surface area contributed by atoms with Crippen LogP contribution in [0.1, 0.15) is 13.3 Å². The highest BCUT2D eigenvalue weighted by Crippen LogP contribution is 2.04. The fourth-order valence-corrected chi connectivity index (χ4v) is 1.61. The largest absolute Gasteiger partial charge is 0.327 e. The molecule has 0 aliphatic carbocycles. The van der Waals surface area contributed by atoms with E-state index in [9.17, 15) is 8.42 Å². The van der Waals surface area contributed by atoms with Crippen LogP contribution in [0.15, 0.2) is 23.8 Å². The fourth-order valence-electron chi connectivity index (χ4n) is 0.898. The van der Waals surface area contributed by atoms with Gasteiger partial charge in [0.05, 0.1) is 5.75 Å². The molecule has 0 fully saturated rings. The van der Waals surface area contributed by atoms with Crippen molar-refractivity contribution < 1.29 is 8.42 Å². The molecule has 0 aromatic heterocycles. The van der Waals surface area contributed by atoms with Crippen LogP contribution in [0.5, 0.6) is 0 Å². The molecule has 14 heavy (non-hydrogen) atoms. The van der Waals surface area contributed by atoms with E-state index in [-0.39, 0.29) is 5.75 Å². The molecule has 0 heterocycles. The Kier molecular flexibility index (Phi) is 6.44. The van der Waals surface area contributed by atoms with Crippen LogP contribution < -0.4 is 10.5 Å². The Hall–Kier alpha value is -0.650. The van der Waals surface area contributed by atoms with E-state index in [1.54, 1.807) is 6.08 Å². The molecule has 0 amide bonds. The minimum atomic E-state index is -3.11. The Bertz CT molecular complexity index is 305. The zero-order chi connectivity index (χ0) is 11.0. The van der Waals surface area contributed by atoms with Crippen molar-refractivity contribution in [3.8, 4) is 0 Å². The Morgan fingerprint density at radius 1 is 1.50 bits per heavy atom. The van der Waals surface area contributed by atoms with E-state index in [1.165, 1.54) is 7.05 Å². The van der Waals surface area contributed by atoms with Crippen molar-refractivity contribution in [1.82, 2.24) is 4.72 Å². The smallest absolute Gasteiger partial charge is 0.211 e. The number of hydrogen-bond donors (Lipinski definition) is 2. The zero-order valence-corrected chi connectivity index (χ0v) is 9.47. The summed E-state index contributed by atoms with van der Waals surface area (Å²) in [5.74, 6) is 0.109. The molecule has 82 valence electrons. The molecule has 0 aromatic carbocycles.